The third kappa shape index (κ3) is 1.39. The molecule has 5 heteroatoms. The lowest BCUT2D eigenvalue weighted by Crippen LogP contribution is -2.23. The van der Waals surface area contributed by atoms with Crippen molar-refractivity contribution in [2.24, 2.45) is 0 Å². The Kier molecular flexibility index (Phi) is 1.85. The van der Waals surface area contributed by atoms with Crippen LogP contribution < -0.4 is 9.47 Å². The van der Waals surface area contributed by atoms with E-state index in [2.05, 4.69) is 0 Å². The van der Waals surface area contributed by atoms with Crippen LogP contribution in [0.4, 0.5) is 0 Å². The van der Waals surface area contributed by atoms with Gasteiger partial charge in [0, 0.05) is 0 Å². The number of ether oxygens (including phenoxy) is 2. The van der Waals surface area contributed by atoms with Gasteiger partial charge in [-0.15, -0.1) is 0 Å². The third-order valence-electron chi connectivity index (χ3n) is 1.76. The highest BCUT2D eigenvalue weighted by Crippen LogP contribution is 2.30. The van der Waals surface area contributed by atoms with Gasteiger partial charge in [-0.3, -0.25) is 0 Å². The molecule has 0 aliphatic carbocycles. The fraction of sp³-hybridized carbons (Fsp3) is 0.111. The minimum atomic E-state index is -1.07. The van der Waals surface area contributed by atoms with E-state index in [0.717, 1.165) is 0 Å². The average Bonchev–Trinajstić information content (AvgIpc) is 2.16. The van der Waals surface area contributed by atoms with Gasteiger partial charge in [-0.2, -0.15) is 0 Å². The van der Waals surface area contributed by atoms with Gasteiger partial charge in [0.15, 0.2) is 18.1 Å². The zero-order valence-electron chi connectivity index (χ0n) is 7.02. The number of esters is 1. The van der Waals surface area contributed by atoms with Gasteiger partial charge >= 0.3 is 11.9 Å². The number of carbonyl (C=O) groups is 2. The lowest BCUT2D eigenvalue weighted by atomic mass is 10.2. The summed E-state index contributed by atoms with van der Waals surface area (Å²) < 4.78 is 9.80. The Balaban J connectivity index is 2.42. The minimum absolute atomic E-state index is 0.0575. The van der Waals surface area contributed by atoms with Crippen LogP contribution in [0.25, 0.3) is 0 Å². The molecule has 1 aliphatic heterocycles. The van der Waals surface area contributed by atoms with Gasteiger partial charge in [-0.05, 0) is 18.2 Å². The Hall–Kier alpha value is -2.04. The van der Waals surface area contributed by atoms with E-state index in [4.69, 9.17) is 14.6 Å². The normalized spacial score (nSPS) is 13.9. The molecule has 1 aliphatic rings. The first-order valence-corrected chi connectivity index (χ1v) is 3.87. The quantitative estimate of drug-likeness (QED) is 0.525. The molecule has 0 spiro atoms. The number of hydrogen-bond donors (Lipinski definition) is 1. The zero-order chi connectivity index (χ0) is 10.1. The summed E-state index contributed by atoms with van der Waals surface area (Å²) in [5.74, 6) is -1.06. The van der Waals surface area contributed by atoms with Crippen LogP contribution in [0.1, 0.15) is 10.4 Å². The van der Waals surface area contributed by atoms with Crippen LogP contribution in [-0.2, 0) is 4.79 Å². The summed E-state index contributed by atoms with van der Waals surface area (Å²) in [5, 5.41) is 8.67. The number of carboxylic acid groups (broad SMARTS) is 1. The first-order valence-electron chi connectivity index (χ1n) is 3.87. The van der Waals surface area contributed by atoms with Crippen LogP contribution in [0.3, 0.4) is 0 Å². The molecule has 0 radical (unpaired) electrons. The summed E-state index contributed by atoms with van der Waals surface area (Å²) in [4.78, 5) is 21.4. The molecule has 1 aromatic carbocycles. The molecule has 14 heavy (non-hydrogen) atoms. The molecule has 1 aromatic rings. The summed E-state index contributed by atoms with van der Waals surface area (Å²) >= 11 is 0. The third-order valence-corrected chi connectivity index (χ3v) is 1.76. The SMILES string of the molecule is O=C1COc2ccc(C(=O)O)cc2O1. The standard InChI is InChI=1S/C9H6O5/c10-8-4-13-6-2-1-5(9(11)12)3-7(6)14-8/h1-3H,4H2,(H,11,12). The highest BCUT2D eigenvalue weighted by Gasteiger charge is 2.19. The summed E-state index contributed by atoms with van der Waals surface area (Å²) in [7, 11) is 0. The minimum Gasteiger partial charge on any atom is -0.478 e. The molecule has 0 aromatic heterocycles. The molecular formula is C9H6O5. The number of aromatic carboxylic acids is 1. The Labute approximate surface area is 78.9 Å². The molecule has 0 atom stereocenters. The molecule has 1 N–H and O–H groups in total. The van der Waals surface area contributed by atoms with Gasteiger partial charge in [0.1, 0.15) is 0 Å². The Morgan fingerprint density at radius 1 is 1.36 bits per heavy atom. The summed E-state index contributed by atoms with van der Waals surface area (Å²) in [6.07, 6.45) is 0. The second-order valence-corrected chi connectivity index (χ2v) is 2.73. The van der Waals surface area contributed by atoms with Gasteiger partial charge < -0.3 is 14.6 Å². The van der Waals surface area contributed by atoms with E-state index in [0.29, 0.717) is 5.75 Å². The second kappa shape index (κ2) is 3.02. The molecule has 0 saturated heterocycles. The van der Waals surface area contributed by atoms with Crippen molar-refractivity contribution in [2.75, 3.05) is 6.61 Å². The Bertz CT molecular complexity index is 410. The summed E-state index contributed by atoms with van der Waals surface area (Å²) in [6.45, 7) is -0.139. The number of carbonyl (C=O) groups excluding carboxylic acids is 1. The number of rotatable bonds is 1. The molecule has 0 fully saturated rings. The maximum atomic E-state index is 10.8. The molecule has 72 valence electrons. The Morgan fingerprint density at radius 2 is 2.14 bits per heavy atom. The summed E-state index contributed by atoms with van der Waals surface area (Å²) in [5.41, 5.74) is 0.0575. The van der Waals surface area contributed by atoms with Crippen molar-refractivity contribution < 1.29 is 24.2 Å². The largest absolute Gasteiger partial charge is 0.478 e. The van der Waals surface area contributed by atoms with E-state index in [9.17, 15) is 9.59 Å². The lowest BCUT2D eigenvalue weighted by molar-refractivity contribution is -0.138. The first-order chi connectivity index (χ1) is 6.66. The van der Waals surface area contributed by atoms with Gasteiger partial charge in [-0.1, -0.05) is 0 Å². The Morgan fingerprint density at radius 3 is 2.86 bits per heavy atom. The second-order valence-electron chi connectivity index (χ2n) is 2.73. The van der Waals surface area contributed by atoms with Crippen LogP contribution in [0, 0.1) is 0 Å². The maximum Gasteiger partial charge on any atom is 0.349 e. The van der Waals surface area contributed by atoms with Crippen molar-refractivity contribution in [3.63, 3.8) is 0 Å². The van der Waals surface area contributed by atoms with Crippen molar-refractivity contribution in [3.8, 4) is 11.5 Å². The molecular weight excluding hydrogens is 188 g/mol. The lowest BCUT2D eigenvalue weighted by Gasteiger charge is -2.16. The average molecular weight is 194 g/mol. The van der Waals surface area contributed by atoms with E-state index >= 15 is 0 Å². The van der Waals surface area contributed by atoms with Gasteiger partial charge in [-0.25, -0.2) is 9.59 Å². The zero-order valence-corrected chi connectivity index (χ0v) is 7.02. The predicted octanol–water partition coefficient (Wildman–Crippen LogP) is 0.683. The van der Waals surface area contributed by atoms with Crippen molar-refractivity contribution in [1.29, 1.82) is 0 Å². The number of fused-ring (bicyclic) bond motifs is 1. The van der Waals surface area contributed by atoms with Crippen molar-refractivity contribution in [3.05, 3.63) is 23.8 Å². The van der Waals surface area contributed by atoms with Crippen LogP contribution >= 0.6 is 0 Å². The highest BCUT2D eigenvalue weighted by molar-refractivity contribution is 5.89. The molecule has 1 heterocycles. The van der Waals surface area contributed by atoms with Crippen molar-refractivity contribution in [1.82, 2.24) is 0 Å². The fourth-order valence-electron chi connectivity index (χ4n) is 1.13. The van der Waals surface area contributed by atoms with Crippen LogP contribution in [0.15, 0.2) is 18.2 Å². The van der Waals surface area contributed by atoms with E-state index in [-0.39, 0.29) is 17.9 Å². The van der Waals surface area contributed by atoms with Crippen LogP contribution in [0.5, 0.6) is 11.5 Å². The van der Waals surface area contributed by atoms with Crippen molar-refractivity contribution >= 4 is 11.9 Å². The van der Waals surface area contributed by atoms with Gasteiger partial charge in [0.2, 0.25) is 0 Å². The molecule has 2 rings (SSSR count). The van der Waals surface area contributed by atoms with Crippen LogP contribution in [-0.4, -0.2) is 23.7 Å². The maximum absolute atomic E-state index is 10.8. The molecule has 0 unspecified atom stereocenters. The first kappa shape index (κ1) is 8.55. The van der Waals surface area contributed by atoms with E-state index < -0.39 is 11.9 Å². The number of benzene rings is 1. The molecule has 0 bridgehead atoms. The molecule has 0 saturated carbocycles. The fourth-order valence-corrected chi connectivity index (χ4v) is 1.13. The van der Waals surface area contributed by atoms with Crippen LogP contribution in [0.2, 0.25) is 0 Å². The predicted molar refractivity (Wildman–Crippen MR) is 44.5 cm³/mol. The monoisotopic (exact) mass is 194 g/mol. The molecule has 0 amide bonds. The summed E-state index contributed by atoms with van der Waals surface area (Å²) in [6, 6.07) is 4.11. The smallest absolute Gasteiger partial charge is 0.349 e. The molecule has 5 nitrogen and oxygen atoms in total. The van der Waals surface area contributed by atoms with Gasteiger partial charge in [0.05, 0.1) is 5.56 Å². The number of hydrogen-bond acceptors (Lipinski definition) is 4. The van der Waals surface area contributed by atoms with E-state index in [1.807, 2.05) is 0 Å². The van der Waals surface area contributed by atoms with Gasteiger partial charge in [0.25, 0.3) is 0 Å². The highest BCUT2D eigenvalue weighted by atomic mass is 16.6. The number of carboxylic acids is 1. The topological polar surface area (TPSA) is 72.8 Å². The van der Waals surface area contributed by atoms with Crippen molar-refractivity contribution in [2.45, 2.75) is 0 Å². The van der Waals surface area contributed by atoms with E-state index in [1.54, 1.807) is 0 Å². The van der Waals surface area contributed by atoms with E-state index in [1.165, 1.54) is 18.2 Å².